The average Bonchev–Trinajstić information content (AvgIpc) is 3.05. The molecule has 29 heavy (non-hydrogen) atoms. The van der Waals surface area contributed by atoms with Crippen molar-refractivity contribution in [3.63, 3.8) is 0 Å². The molecule has 0 aliphatic carbocycles. The predicted octanol–water partition coefficient (Wildman–Crippen LogP) is 4.31. The quantitative estimate of drug-likeness (QED) is 0.366. The lowest BCUT2D eigenvalue weighted by Gasteiger charge is -2.15. The van der Waals surface area contributed by atoms with Gasteiger partial charge in [-0.2, -0.15) is 0 Å². The minimum Gasteiger partial charge on any atom is -0.494 e. The Labute approximate surface area is 170 Å². The number of ether oxygens (including phenoxy) is 2. The van der Waals surface area contributed by atoms with Crippen LogP contribution in [0.5, 0.6) is 5.75 Å². The van der Waals surface area contributed by atoms with E-state index in [2.05, 4.69) is 5.32 Å². The van der Waals surface area contributed by atoms with Crippen molar-refractivity contribution < 1.29 is 24.0 Å². The van der Waals surface area contributed by atoms with Gasteiger partial charge in [-0.15, -0.1) is 11.3 Å². The second-order valence-corrected chi connectivity index (χ2v) is 7.28. The number of nitro groups is 1. The van der Waals surface area contributed by atoms with Crippen LogP contribution in [-0.4, -0.2) is 30.0 Å². The van der Waals surface area contributed by atoms with Gasteiger partial charge in [-0.3, -0.25) is 14.9 Å². The third kappa shape index (κ3) is 4.19. The normalized spacial score (nSPS) is 11.7. The number of carbonyl (C=O) groups is 2. The number of nitro benzene ring substituents is 1. The monoisotopic (exact) mass is 414 g/mol. The van der Waals surface area contributed by atoms with Crippen molar-refractivity contribution in [2.24, 2.45) is 0 Å². The van der Waals surface area contributed by atoms with Crippen LogP contribution < -0.4 is 10.1 Å². The number of non-ortho nitro benzene ring substituents is 1. The third-order valence-electron chi connectivity index (χ3n) is 4.34. The van der Waals surface area contributed by atoms with Crippen LogP contribution in [0.15, 0.2) is 42.5 Å². The molecule has 0 unspecified atom stereocenters. The number of aryl methyl sites for hydroxylation is 1. The number of rotatable bonds is 6. The number of esters is 1. The second-order valence-electron chi connectivity index (χ2n) is 6.23. The molecule has 0 spiro atoms. The fraction of sp³-hybridized carbons (Fsp3) is 0.200. The first-order valence-corrected chi connectivity index (χ1v) is 9.46. The molecule has 1 heterocycles. The molecule has 9 heteroatoms. The molecular weight excluding hydrogens is 396 g/mol. The molecule has 1 amide bonds. The van der Waals surface area contributed by atoms with Crippen LogP contribution in [0.3, 0.4) is 0 Å². The van der Waals surface area contributed by atoms with Crippen LogP contribution in [0.25, 0.3) is 10.1 Å². The van der Waals surface area contributed by atoms with E-state index in [-0.39, 0.29) is 17.1 Å². The third-order valence-corrected chi connectivity index (χ3v) is 5.59. The zero-order valence-electron chi connectivity index (χ0n) is 15.9. The van der Waals surface area contributed by atoms with Gasteiger partial charge in [0.1, 0.15) is 10.6 Å². The number of amides is 1. The number of carbonyl (C=O) groups excluding carboxylic acids is 2. The maximum atomic E-state index is 12.6. The van der Waals surface area contributed by atoms with E-state index in [0.717, 1.165) is 15.6 Å². The number of benzene rings is 2. The molecule has 3 aromatic rings. The van der Waals surface area contributed by atoms with E-state index in [1.807, 2.05) is 31.2 Å². The van der Waals surface area contributed by atoms with Crippen molar-refractivity contribution in [3.8, 4) is 5.75 Å². The van der Waals surface area contributed by atoms with Gasteiger partial charge < -0.3 is 14.8 Å². The van der Waals surface area contributed by atoms with Crippen molar-refractivity contribution >= 4 is 44.7 Å². The average molecular weight is 414 g/mol. The molecule has 1 atom stereocenters. The maximum absolute atomic E-state index is 12.6. The number of nitrogens with zero attached hydrogens (tertiary/aromatic N) is 1. The van der Waals surface area contributed by atoms with Gasteiger partial charge >= 0.3 is 5.97 Å². The second kappa shape index (κ2) is 8.27. The Kier molecular flexibility index (Phi) is 5.79. The summed E-state index contributed by atoms with van der Waals surface area (Å²) < 4.78 is 11.4. The summed E-state index contributed by atoms with van der Waals surface area (Å²) in [5.74, 6) is -1.03. The largest absolute Gasteiger partial charge is 0.494 e. The molecule has 0 saturated heterocycles. The Hall–Kier alpha value is -3.46. The fourth-order valence-electron chi connectivity index (χ4n) is 2.77. The highest BCUT2D eigenvalue weighted by atomic mass is 32.1. The molecule has 3 rings (SSSR count). The summed E-state index contributed by atoms with van der Waals surface area (Å²) in [6.45, 7) is 3.29. The van der Waals surface area contributed by atoms with Crippen LogP contribution in [0, 0.1) is 17.0 Å². The van der Waals surface area contributed by atoms with Gasteiger partial charge in [0.05, 0.1) is 23.8 Å². The van der Waals surface area contributed by atoms with E-state index >= 15 is 0 Å². The number of thiophene rings is 1. The minimum absolute atomic E-state index is 0.131. The predicted molar refractivity (Wildman–Crippen MR) is 110 cm³/mol. The standard InChI is InChI=1S/C20H18N2O6S/c1-11-14-6-4-5-7-17(14)29-18(11)20(24)28-12(2)19(23)21-15-9-8-13(22(25)26)10-16(15)27-3/h4-10,12H,1-3H3,(H,21,23)/t12-/m0/s1. The highest BCUT2D eigenvalue weighted by Crippen LogP contribution is 2.32. The number of hydrogen-bond acceptors (Lipinski definition) is 7. The van der Waals surface area contributed by atoms with Gasteiger partial charge in [-0.1, -0.05) is 18.2 Å². The summed E-state index contributed by atoms with van der Waals surface area (Å²) >= 11 is 1.31. The van der Waals surface area contributed by atoms with E-state index < -0.39 is 22.9 Å². The topological polar surface area (TPSA) is 108 Å². The first kappa shape index (κ1) is 20.3. The highest BCUT2D eigenvalue weighted by molar-refractivity contribution is 7.21. The van der Waals surface area contributed by atoms with E-state index in [1.54, 1.807) is 0 Å². The Morgan fingerprint density at radius 2 is 1.93 bits per heavy atom. The van der Waals surface area contributed by atoms with Crippen molar-refractivity contribution in [3.05, 3.63) is 63.0 Å². The lowest BCUT2D eigenvalue weighted by molar-refractivity contribution is -0.384. The Bertz CT molecular complexity index is 1110. The van der Waals surface area contributed by atoms with Gasteiger partial charge in [0.25, 0.3) is 11.6 Å². The molecule has 0 radical (unpaired) electrons. The van der Waals surface area contributed by atoms with Gasteiger partial charge in [-0.25, -0.2) is 4.79 Å². The molecule has 0 saturated carbocycles. The Balaban J connectivity index is 1.72. The van der Waals surface area contributed by atoms with Crippen molar-refractivity contribution in [2.45, 2.75) is 20.0 Å². The van der Waals surface area contributed by atoms with Crippen LogP contribution in [0.2, 0.25) is 0 Å². The van der Waals surface area contributed by atoms with E-state index in [1.165, 1.54) is 43.6 Å². The van der Waals surface area contributed by atoms with E-state index in [9.17, 15) is 19.7 Å². The number of methoxy groups -OCH3 is 1. The first-order valence-electron chi connectivity index (χ1n) is 8.64. The molecule has 0 aliphatic heterocycles. The van der Waals surface area contributed by atoms with Gasteiger partial charge in [0.2, 0.25) is 0 Å². The molecule has 150 valence electrons. The summed E-state index contributed by atoms with van der Waals surface area (Å²) in [6.07, 6.45) is -1.08. The van der Waals surface area contributed by atoms with Gasteiger partial charge in [0.15, 0.2) is 6.10 Å². The van der Waals surface area contributed by atoms with Crippen molar-refractivity contribution in [1.82, 2.24) is 0 Å². The summed E-state index contributed by atoms with van der Waals surface area (Å²) in [6, 6.07) is 11.4. The number of nitrogens with one attached hydrogen (secondary N) is 1. The first-order chi connectivity index (χ1) is 13.8. The van der Waals surface area contributed by atoms with Crippen LogP contribution in [-0.2, 0) is 9.53 Å². The summed E-state index contributed by atoms with van der Waals surface area (Å²) in [5, 5.41) is 14.4. The van der Waals surface area contributed by atoms with Crippen LogP contribution >= 0.6 is 11.3 Å². The van der Waals surface area contributed by atoms with E-state index in [0.29, 0.717) is 4.88 Å². The number of anilines is 1. The fourth-order valence-corrected chi connectivity index (χ4v) is 3.86. The molecule has 1 N–H and O–H groups in total. The summed E-state index contributed by atoms with van der Waals surface area (Å²) in [7, 11) is 1.34. The molecule has 1 aromatic heterocycles. The zero-order valence-corrected chi connectivity index (χ0v) is 16.7. The molecule has 0 fully saturated rings. The van der Waals surface area contributed by atoms with Crippen molar-refractivity contribution in [2.75, 3.05) is 12.4 Å². The SMILES string of the molecule is COc1cc([N+](=O)[O-])ccc1NC(=O)[C@H](C)OC(=O)c1sc2ccccc2c1C. The maximum Gasteiger partial charge on any atom is 0.349 e. The van der Waals surface area contributed by atoms with E-state index in [4.69, 9.17) is 9.47 Å². The van der Waals surface area contributed by atoms with Crippen LogP contribution in [0.1, 0.15) is 22.2 Å². The smallest absolute Gasteiger partial charge is 0.349 e. The van der Waals surface area contributed by atoms with Crippen molar-refractivity contribution in [1.29, 1.82) is 0 Å². The highest BCUT2D eigenvalue weighted by Gasteiger charge is 2.24. The summed E-state index contributed by atoms with van der Waals surface area (Å²) in [4.78, 5) is 35.7. The Morgan fingerprint density at radius 3 is 2.59 bits per heavy atom. The molecule has 0 bridgehead atoms. The Morgan fingerprint density at radius 1 is 1.21 bits per heavy atom. The minimum atomic E-state index is -1.08. The lowest BCUT2D eigenvalue weighted by atomic mass is 10.1. The zero-order chi connectivity index (χ0) is 21.1. The number of fused-ring (bicyclic) bond motifs is 1. The van der Waals surface area contributed by atoms with Gasteiger partial charge in [0, 0.05) is 10.8 Å². The van der Waals surface area contributed by atoms with Gasteiger partial charge in [-0.05, 0) is 36.9 Å². The molecular formula is C20H18N2O6S. The molecule has 0 aliphatic rings. The molecule has 8 nitrogen and oxygen atoms in total. The molecule has 2 aromatic carbocycles. The summed E-state index contributed by atoms with van der Waals surface area (Å²) in [5.41, 5.74) is 0.879. The van der Waals surface area contributed by atoms with Crippen LogP contribution in [0.4, 0.5) is 11.4 Å². The lowest BCUT2D eigenvalue weighted by Crippen LogP contribution is -2.30. The number of hydrogen-bond donors (Lipinski definition) is 1.